The predicted octanol–water partition coefficient (Wildman–Crippen LogP) is 4.05. The number of hydrogen-bond donors (Lipinski definition) is 2. The Hall–Kier alpha value is -2.34. The summed E-state index contributed by atoms with van der Waals surface area (Å²) in [5.74, 6) is -3.51. The van der Waals surface area contributed by atoms with E-state index in [0.29, 0.717) is 6.07 Å². The second kappa shape index (κ2) is 7.95. The Kier molecular flexibility index (Phi) is 5.79. The van der Waals surface area contributed by atoms with E-state index in [9.17, 15) is 21.6 Å². The quantitative estimate of drug-likeness (QED) is 0.554. The molecule has 1 atom stereocenters. The van der Waals surface area contributed by atoms with Crippen molar-refractivity contribution in [2.75, 3.05) is 4.72 Å². The van der Waals surface area contributed by atoms with E-state index in [2.05, 4.69) is 9.71 Å². The molecule has 28 heavy (non-hydrogen) atoms. The molecule has 0 aliphatic carbocycles. The van der Waals surface area contributed by atoms with Crippen LogP contribution in [0.1, 0.15) is 11.8 Å². The van der Waals surface area contributed by atoms with Gasteiger partial charge < -0.3 is 4.74 Å². The van der Waals surface area contributed by atoms with Gasteiger partial charge in [-0.15, -0.1) is 11.3 Å². The highest BCUT2D eigenvalue weighted by Crippen LogP contribution is 2.33. The summed E-state index contributed by atoms with van der Waals surface area (Å²) in [6.07, 6.45) is -0.277. The summed E-state index contributed by atoms with van der Waals surface area (Å²) in [7, 11) is -4.32. The van der Waals surface area contributed by atoms with Crippen LogP contribution in [0.15, 0.2) is 46.8 Å². The van der Waals surface area contributed by atoms with Crippen LogP contribution in [0.3, 0.4) is 0 Å². The third-order valence-electron chi connectivity index (χ3n) is 3.47. The van der Waals surface area contributed by atoms with Gasteiger partial charge in [0.15, 0.2) is 11.4 Å². The molecule has 3 rings (SSSR count). The van der Waals surface area contributed by atoms with Gasteiger partial charge in [-0.3, -0.25) is 10.5 Å². The van der Waals surface area contributed by atoms with Crippen LogP contribution in [0.5, 0.6) is 5.75 Å². The van der Waals surface area contributed by atoms with Crippen molar-refractivity contribution in [1.82, 2.24) is 4.98 Å². The average molecular weight is 450 g/mol. The molecule has 0 aliphatic heterocycles. The molecule has 1 aromatic heterocycles. The number of sulfonamides is 1. The van der Waals surface area contributed by atoms with Crippen molar-refractivity contribution in [3.05, 3.63) is 69.9 Å². The van der Waals surface area contributed by atoms with Gasteiger partial charge in [0.1, 0.15) is 28.1 Å². The Labute approximate surface area is 166 Å². The number of hydrogen-bond acceptors (Lipinski definition) is 6. The highest BCUT2D eigenvalue weighted by molar-refractivity contribution is 7.93. The van der Waals surface area contributed by atoms with E-state index in [1.54, 1.807) is 0 Å². The number of rotatable bonds is 6. The molecule has 6 nitrogen and oxygen atoms in total. The number of anilines is 1. The number of nitrogens with one attached hydrogen (secondary N) is 1. The van der Waals surface area contributed by atoms with Gasteiger partial charge in [-0.25, -0.2) is 26.6 Å². The minimum absolute atomic E-state index is 0.0351. The van der Waals surface area contributed by atoms with Crippen molar-refractivity contribution in [2.24, 2.45) is 5.73 Å². The van der Waals surface area contributed by atoms with Crippen LogP contribution in [-0.4, -0.2) is 13.4 Å². The second-order valence-electron chi connectivity index (χ2n) is 5.33. The van der Waals surface area contributed by atoms with E-state index in [1.807, 2.05) is 0 Å². The molecule has 2 aromatic carbocycles. The lowest BCUT2D eigenvalue weighted by molar-refractivity contribution is 0.202. The summed E-state index contributed by atoms with van der Waals surface area (Å²) in [6.45, 7) is 0. The summed E-state index contributed by atoms with van der Waals surface area (Å²) in [4.78, 5) is 2.99. The smallest absolute Gasteiger partial charge is 0.266 e. The Morgan fingerprint density at radius 3 is 2.46 bits per heavy atom. The van der Waals surface area contributed by atoms with Gasteiger partial charge >= 0.3 is 0 Å². The van der Waals surface area contributed by atoms with Crippen LogP contribution in [-0.2, 0) is 10.0 Å². The maximum absolute atomic E-state index is 14.4. The summed E-state index contributed by atoms with van der Waals surface area (Å²) in [5.41, 5.74) is 5.06. The Morgan fingerprint density at radius 2 is 1.86 bits per heavy atom. The van der Waals surface area contributed by atoms with Gasteiger partial charge in [0.05, 0.1) is 10.6 Å². The molecule has 3 aromatic rings. The Morgan fingerprint density at radius 1 is 1.18 bits per heavy atom. The fourth-order valence-corrected chi connectivity index (χ4v) is 4.38. The number of nitrogens with zero attached hydrogens (tertiary/aromatic N) is 1. The lowest BCUT2D eigenvalue weighted by atomic mass is 10.1. The standard InChI is InChI=1S/C16H11ClF3N3O3S2/c17-8-6-13(28(24,25)23-16-22-4-5-27-16)11(20)7-12(8)26-15(21)14-9(18)2-1-3-10(14)19/h1-7,15H,21H2,(H,22,23)/t15-/m1/s1. The molecule has 148 valence electrons. The summed E-state index contributed by atoms with van der Waals surface area (Å²) in [5, 5.41) is 1.24. The van der Waals surface area contributed by atoms with E-state index >= 15 is 0 Å². The van der Waals surface area contributed by atoms with Gasteiger partial charge in [-0.1, -0.05) is 17.7 Å². The maximum Gasteiger partial charge on any atom is 0.266 e. The predicted molar refractivity (Wildman–Crippen MR) is 98.2 cm³/mol. The molecule has 12 heteroatoms. The minimum Gasteiger partial charge on any atom is -0.469 e. The first kappa shape index (κ1) is 20.4. The topological polar surface area (TPSA) is 94.3 Å². The van der Waals surface area contributed by atoms with E-state index in [1.165, 1.54) is 11.6 Å². The second-order valence-corrected chi connectivity index (χ2v) is 8.28. The average Bonchev–Trinajstić information content (AvgIpc) is 3.09. The first-order chi connectivity index (χ1) is 13.2. The van der Waals surface area contributed by atoms with Crippen LogP contribution >= 0.6 is 22.9 Å². The molecule has 3 N–H and O–H groups in total. The molecule has 0 saturated carbocycles. The van der Waals surface area contributed by atoms with Gasteiger partial charge in [0.2, 0.25) is 0 Å². The third kappa shape index (κ3) is 4.22. The first-order valence-corrected chi connectivity index (χ1v) is 10.2. The molecule has 0 spiro atoms. The normalized spacial score (nSPS) is 12.6. The highest BCUT2D eigenvalue weighted by Gasteiger charge is 2.25. The van der Waals surface area contributed by atoms with Crippen LogP contribution in [0.2, 0.25) is 5.02 Å². The lowest BCUT2D eigenvalue weighted by Gasteiger charge is -2.18. The zero-order valence-electron chi connectivity index (χ0n) is 13.7. The SMILES string of the molecule is N[C@H](Oc1cc(F)c(S(=O)(=O)Nc2nccs2)cc1Cl)c1c(F)cccc1F. The molecular weight excluding hydrogens is 439 g/mol. The summed E-state index contributed by atoms with van der Waals surface area (Å²) >= 11 is 6.96. The van der Waals surface area contributed by atoms with Gasteiger partial charge in [-0.2, -0.15) is 0 Å². The maximum atomic E-state index is 14.4. The molecule has 0 radical (unpaired) electrons. The van der Waals surface area contributed by atoms with Crippen molar-refractivity contribution in [2.45, 2.75) is 11.1 Å². The molecule has 0 saturated heterocycles. The van der Waals surface area contributed by atoms with Crippen molar-refractivity contribution in [3.8, 4) is 5.75 Å². The van der Waals surface area contributed by atoms with Crippen molar-refractivity contribution in [3.63, 3.8) is 0 Å². The Balaban J connectivity index is 1.90. The monoisotopic (exact) mass is 449 g/mol. The highest BCUT2D eigenvalue weighted by atomic mass is 35.5. The number of aromatic nitrogens is 1. The molecule has 0 unspecified atom stereocenters. The van der Waals surface area contributed by atoms with E-state index < -0.39 is 44.2 Å². The van der Waals surface area contributed by atoms with Crippen molar-refractivity contribution >= 4 is 38.1 Å². The van der Waals surface area contributed by atoms with Crippen LogP contribution < -0.4 is 15.2 Å². The van der Waals surface area contributed by atoms with Crippen molar-refractivity contribution < 1.29 is 26.3 Å². The van der Waals surface area contributed by atoms with Crippen LogP contribution in [0.25, 0.3) is 0 Å². The summed E-state index contributed by atoms with van der Waals surface area (Å²) < 4.78 is 73.8. The summed E-state index contributed by atoms with van der Waals surface area (Å²) in [6, 6.07) is 4.56. The lowest BCUT2D eigenvalue weighted by Crippen LogP contribution is -2.21. The van der Waals surface area contributed by atoms with E-state index in [0.717, 1.165) is 35.6 Å². The molecule has 0 fully saturated rings. The van der Waals surface area contributed by atoms with Crippen molar-refractivity contribution in [1.29, 1.82) is 0 Å². The molecule has 0 amide bonds. The van der Waals surface area contributed by atoms with Gasteiger partial charge in [0.25, 0.3) is 10.0 Å². The Bertz CT molecular complexity index is 1090. The zero-order valence-corrected chi connectivity index (χ0v) is 16.1. The fourth-order valence-electron chi connectivity index (χ4n) is 2.23. The molecule has 0 aliphatic rings. The molecular formula is C16H11ClF3N3O3S2. The first-order valence-electron chi connectivity index (χ1n) is 7.46. The van der Waals surface area contributed by atoms with Crippen LogP contribution in [0.4, 0.5) is 18.3 Å². The van der Waals surface area contributed by atoms with E-state index in [4.69, 9.17) is 22.1 Å². The zero-order chi connectivity index (χ0) is 20.5. The number of benzene rings is 2. The third-order valence-corrected chi connectivity index (χ3v) is 5.94. The van der Waals surface area contributed by atoms with Crippen LogP contribution in [0, 0.1) is 17.5 Å². The van der Waals surface area contributed by atoms with E-state index in [-0.39, 0.29) is 15.9 Å². The molecule has 1 heterocycles. The minimum atomic E-state index is -4.32. The van der Waals surface area contributed by atoms with Gasteiger partial charge in [0, 0.05) is 17.6 Å². The number of ether oxygens (including phenoxy) is 1. The number of nitrogens with two attached hydrogens (primary N) is 1. The number of thiazole rings is 1. The number of halogens is 4. The molecule has 0 bridgehead atoms. The largest absolute Gasteiger partial charge is 0.469 e. The van der Waals surface area contributed by atoms with Gasteiger partial charge in [-0.05, 0) is 18.2 Å². The fraction of sp³-hybridized carbons (Fsp3) is 0.0625.